The lowest BCUT2D eigenvalue weighted by atomic mass is 10.0. The average molecular weight is 449 g/mol. The molecule has 2 amide bonds. The molecule has 0 saturated heterocycles. The van der Waals surface area contributed by atoms with Crippen molar-refractivity contribution in [1.82, 2.24) is 0 Å². The number of methoxy groups -OCH3 is 2. The number of halogens is 1. The molecule has 0 atom stereocenters. The number of carbonyl (C=O) groups excluding carboxylic acids is 2. The minimum Gasteiger partial charge on any atom is -0.497 e. The van der Waals surface area contributed by atoms with Crippen LogP contribution >= 0.6 is 11.6 Å². The topological polar surface area (TPSA) is 67.9 Å². The number of amides is 2. The van der Waals surface area contributed by atoms with E-state index in [1.807, 2.05) is 13.0 Å². The van der Waals surface area contributed by atoms with E-state index in [9.17, 15) is 9.59 Å². The van der Waals surface area contributed by atoms with Crippen molar-refractivity contribution in [3.63, 3.8) is 0 Å². The first-order chi connectivity index (χ1) is 15.4. The molecule has 4 rings (SSSR count). The van der Waals surface area contributed by atoms with Crippen LogP contribution in [0.3, 0.4) is 0 Å². The Kier molecular flexibility index (Phi) is 5.88. The van der Waals surface area contributed by atoms with E-state index in [4.69, 9.17) is 21.1 Å². The SMILES string of the molecule is COc1ccc(C2=C(Nc3cccc(Cl)c3C)C(=O)N(c3ccc(OC)cc3)C2=O)cc1. The summed E-state index contributed by atoms with van der Waals surface area (Å²) in [4.78, 5) is 28.1. The first kappa shape index (κ1) is 21.5. The first-order valence-corrected chi connectivity index (χ1v) is 10.3. The van der Waals surface area contributed by atoms with E-state index in [1.54, 1.807) is 74.9 Å². The summed E-state index contributed by atoms with van der Waals surface area (Å²) < 4.78 is 10.4. The van der Waals surface area contributed by atoms with Crippen molar-refractivity contribution in [2.75, 3.05) is 24.4 Å². The number of rotatable bonds is 6. The van der Waals surface area contributed by atoms with Gasteiger partial charge in [0.2, 0.25) is 0 Å². The second-order valence-corrected chi connectivity index (χ2v) is 7.57. The number of imide groups is 1. The molecule has 0 bridgehead atoms. The Balaban J connectivity index is 1.82. The molecule has 3 aromatic carbocycles. The van der Waals surface area contributed by atoms with Gasteiger partial charge in [0.05, 0.1) is 25.5 Å². The predicted molar refractivity (Wildman–Crippen MR) is 125 cm³/mol. The molecule has 3 aromatic rings. The molecule has 0 aromatic heterocycles. The number of anilines is 2. The van der Waals surface area contributed by atoms with Gasteiger partial charge in [-0.15, -0.1) is 0 Å². The van der Waals surface area contributed by atoms with Crippen molar-refractivity contribution in [2.45, 2.75) is 6.92 Å². The summed E-state index contributed by atoms with van der Waals surface area (Å²) >= 11 is 6.26. The van der Waals surface area contributed by atoms with Gasteiger partial charge in [-0.1, -0.05) is 29.8 Å². The quantitative estimate of drug-likeness (QED) is 0.534. The number of carbonyl (C=O) groups is 2. The number of ether oxygens (including phenoxy) is 2. The minimum atomic E-state index is -0.453. The van der Waals surface area contributed by atoms with Crippen LogP contribution in [0.4, 0.5) is 11.4 Å². The smallest absolute Gasteiger partial charge is 0.282 e. The lowest BCUT2D eigenvalue weighted by Gasteiger charge is -2.16. The molecule has 0 aliphatic carbocycles. The number of nitrogens with zero attached hydrogens (tertiary/aromatic N) is 1. The van der Waals surface area contributed by atoms with Gasteiger partial charge in [0.1, 0.15) is 17.2 Å². The summed E-state index contributed by atoms with van der Waals surface area (Å²) in [6.45, 7) is 1.85. The summed E-state index contributed by atoms with van der Waals surface area (Å²) in [6, 6.07) is 19.1. The zero-order valence-electron chi connectivity index (χ0n) is 17.8. The molecular formula is C25H21ClN2O4. The third kappa shape index (κ3) is 3.81. The largest absolute Gasteiger partial charge is 0.497 e. The molecule has 1 aliphatic rings. The van der Waals surface area contributed by atoms with Gasteiger partial charge in [-0.3, -0.25) is 9.59 Å². The maximum atomic E-state index is 13.5. The van der Waals surface area contributed by atoms with Gasteiger partial charge < -0.3 is 14.8 Å². The Hall–Kier alpha value is -3.77. The van der Waals surface area contributed by atoms with Gasteiger partial charge in [-0.05, 0) is 66.6 Å². The highest BCUT2D eigenvalue weighted by Crippen LogP contribution is 2.36. The minimum absolute atomic E-state index is 0.182. The van der Waals surface area contributed by atoms with Crippen LogP contribution in [-0.2, 0) is 9.59 Å². The highest BCUT2D eigenvalue weighted by atomic mass is 35.5. The third-order valence-corrected chi connectivity index (χ3v) is 5.73. The average Bonchev–Trinajstić information content (AvgIpc) is 3.06. The van der Waals surface area contributed by atoms with Crippen LogP contribution in [0.15, 0.2) is 72.4 Å². The molecule has 1 N–H and O–H groups in total. The summed E-state index contributed by atoms with van der Waals surface area (Å²) in [5, 5.41) is 3.72. The van der Waals surface area contributed by atoms with Crippen molar-refractivity contribution in [2.24, 2.45) is 0 Å². The van der Waals surface area contributed by atoms with Crippen molar-refractivity contribution in [3.05, 3.63) is 88.6 Å². The van der Waals surface area contributed by atoms with Crippen molar-refractivity contribution in [1.29, 1.82) is 0 Å². The van der Waals surface area contributed by atoms with E-state index in [0.29, 0.717) is 33.5 Å². The number of hydrogen-bond acceptors (Lipinski definition) is 5. The van der Waals surface area contributed by atoms with E-state index >= 15 is 0 Å². The zero-order chi connectivity index (χ0) is 22.8. The Labute approximate surface area is 191 Å². The lowest BCUT2D eigenvalue weighted by Crippen LogP contribution is -2.32. The van der Waals surface area contributed by atoms with Crippen LogP contribution in [0.2, 0.25) is 5.02 Å². The summed E-state index contributed by atoms with van der Waals surface area (Å²) in [6.07, 6.45) is 0. The van der Waals surface area contributed by atoms with Gasteiger partial charge in [0.25, 0.3) is 11.8 Å². The van der Waals surface area contributed by atoms with Gasteiger partial charge in [0, 0.05) is 10.7 Å². The molecule has 1 heterocycles. The van der Waals surface area contributed by atoms with Gasteiger partial charge in [0.15, 0.2) is 0 Å². The van der Waals surface area contributed by atoms with Crippen molar-refractivity contribution >= 4 is 40.4 Å². The van der Waals surface area contributed by atoms with Crippen LogP contribution in [-0.4, -0.2) is 26.0 Å². The highest BCUT2D eigenvalue weighted by molar-refractivity contribution is 6.46. The zero-order valence-corrected chi connectivity index (χ0v) is 18.6. The fourth-order valence-corrected chi connectivity index (χ4v) is 3.69. The van der Waals surface area contributed by atoms with Crippen LogP contribution in [0.25, 0.3) is 5.57 Å². The molecular weight excluding hydrogens is 428 g/mol. The number of benzene rings is 3. The first-order valence-electron chi connectivity index (χ1n) is 9.88. The number of hydrogen-bond donors (Lipinski definition) is 1. The Bertz CT molecular complexity index is 1220. The number of nitrogens with one attached hydrogen (secondary N) is 1. The molecule has 0 saturated carbocycles. The maximum absolute atomic E-state index is 13.5. The molecule has 7 heteroatoms. The molecule has 0 spiro atoms. The highest BCUT2D eigenvalue weighted by Gasteiger charge is 2.40. The second-order valence-electron chi connectivity index (χ2n) is 7.16. The molecule has 32 heavy (non-hydrogen) atoms. The van der Waals surface area contributed by atoms with Gasteiger partial charge >= 0.3 is 0 Å². The summed E-state index contributed by atoms with van der Waals surface area (Å²) in [5.74, 6) is 0.403. The Morgan fingerprint density at radius 3 is 2.00 bits per heavy atom. The third-order valence-electron chi connectivity index (χ3n) is 5.32. The van der Waals surface area contributed by atoms with Gasteiger partial charge in [-0.25, -0.2) is 4.90 Å². The molecule has 0 fully saturated rings. The molecule has 6 nitrogen and oxygen atoms in total. The van der Waals surface area contributed by atoms with E-state index in [1.165, 1.54) is 0 Å². The van der Waals surface area contributed by atoms with Crippen molar-refractivity contribution < 1.29 is 19.1 Å². The molecule has 162 valence electrons. The van der Waals surface area contributed by atoms with Crippen LogP contribution in [0.5, 0.6) is 11.5 Å². The summed E-state index contributed by atoms with van der Waals surface area (Å²) in [5.41, 5.74) is 2.93. The predicted octanol–water partition coefficient (Wildman–Crippen LogP) is 5.06. The lowest BCUT2D eigenvalue weighted by molar-refractivity contribution is -0.120. The second kappa shape index (κ2) is 8.77. The normalized spacial score (nSPS) is 13.6. The molecule has 1 aliphatic heterocycles. The van der Waals surface area contributed by atoms with E-state index in [2.05, 4.69) is 5.32 Å². The Morgan fingerprint density at radius 2 is 1.41 bits per heavy atom. The molecule has 0 unspecified atom stereocenters. The molecule has 0 radical (unpaired) electrons. The van der Waals surface area contributed by atoms with Gasteiger partial charge in [-0.2, -0.15) is 0 Å². The van der Waals surface area contributed by atoms with E-state index in [0.717, 1.165) is 10.5 Å². The Morgan fingerprint density at radius 1 is 0.812 bits per heavy atom. The van der Waals surface area contributed by atoms with E-state index < -0.39 is 11.8 Å². The van der Waals surface area contributed by atoms with Crippen LogP contribution < -0.4 is 19.7 Å². The van der Waals surface area contributed by atoms with Crippen LogP contribution in [0.1, 0.15) is 11.1 Å². The van der Waals surface area contributed by atoms with Crippen LogP contribution in [0, 0.1) is 6.92 Å². The van der Waals surface area contributed by atoms with E-state index in [-0.39, 0.29) is 11.3 Å². The maximum Gasteiger partial charge on any atom is 0.282 e. The van der Waals surface area contributed by atoms with Crippen molar-refractivity contribution in [3.8, 4) is 11.5 Å². The summed E-state index contributed by atoms with van der Waals surface area (Å²) in [7, 11) is 3.12. The fraction of sp³-hybridized carbons (Fsp3) is 0.120. The fourth-order valence-electron chi connectivity index (χ4n) is 3.51. The monoisotopic (exact) mass is 448 g/mol. The standard InChI is InChI=1S/C25H21ClN2O4/c1-15-20(26)5-4-6-21(15)27-23-22(16-7-11-18(31-2)12-8-16)24(29)28(25(23)30)17-9-13-19(32-3)14-10-17/h4-14,27H,1-3H3.